The Morgan fingerprint density at radius 1 is 1.11 bits per heavy atom. The van der Waals surface area contributed by atoms with E-state index in [0.29, 0.717) is 20.7 Å². The van der Waals surface area contributed by atoms with Crippen LogP contribution in [0.4, 0.5) is 16.5 Å². The van der Waals surface area contributed by atoms with Gasteiger partial charge in [-0.05, 0) is 37.3 Å². The Bertz CT molecular complexity index is 992. The zero-order valence-electron chi connectivity index (χ0n) is 15.1. The zero-order chi connectivity index (χ0) is 20.1. The summed E-state index contributed by atoms with van der Waals surface area (Å²) < 4.78 is 1.64. The van der Waals surface area contributed by atoms with Crippen molar-refractivity contribution in [3.05, 3.63) is 58.6 Å². The van der Waals surface area contributed by atoms with Gasteiger partial charge in [0.2, 0.25) is 11.0 Å². The van der Waals surface area contributed by atoms with Gasteiger partial charge in [0, 0.05) is 28.3 Å². The Labute approximate surface area is 179 Å². The molecule has 1 atom stereocenters. The number of nitrogens with one attached hydrogen (secondary N) is 2. The molecular weight excluding hydrogens is 460 g/mol. The number of anilines is 3. The van der Waals surface area contributed by atoms with E-state index in [0.717, 1.165) is 10.2 Å². The molecule has 0 aliphatic rings. The smallest absolute Gasteiger partial charge is 0.221 e. The SMILES string of the molecule is CC(=O)Nc1cccc(Nc2nnc(SC(C)C(=O)c3ccc(Br)cc3)s2)c1. The van der Waals surface area contributed by atoms with E-state index in [1.165, 1.54) is 30.0 Å². The second kappa shape index (κ2) is 9.31. The average Bonchev–Trinajstić information content (AvgIpc) is 3.08. The number of hydrogen-bond donors (Lipinski definition) is 2. The van der Waals surface area contributed by atoms with Gasteiger partial charge in [0.25, 0.3) is 0 Å². The van der Waals surface area contributed by atoms with E-state index in [4.69, 9.17) is 0 Å². The first-order valence-corrected chi connectivity index (χ1v) is 10.8. The summed E-state index contributed by atoms with van der Waals surface area (Å²) in [7, 11) is 0. The lowest BCUT2D eigenvalue weighted by Crippen LogP contribution is -2.13. The normalized spacial score (nSPS) is 11.7. The number of Topliss-reactive ketones (excluding diaryl/α,β-unsaturated/α-hetero) is 1. The molecule has 0 fully saturated rings. The van der Waals surface area contributed by atoms with Gasteiger partial charge in [0.15, 0.2) is 10.1 Å². The van der Waals surface area contributed by atoms with Gasteiger partial charge in [-0.3, -0.25) is 9.59 Å². The number of carbonyl (C=O) groups excluding carboxylic acids is 2. The van der Waals surface area contributed by atoms with Crippen LogP contribution in [0.5, 0.6) is 0 Å². The predicted molar refractivity (Wildman–Crippen MR) is 118 cm³/mol. The lowest BCUT2D eigenvalue weighted by Gasteiger charge is -2.08. The molecule has 0 aliphatic carbocycles. The minimum absolute atomic E-state index is 0.0465. The Kier molecular flexibility index (Phi) is 6.82. The number of aromatic nitrogens is 2. The highest BCUT2D eigenvalue weighted by Gasteiger charge is 2.19. The number of carbonyl (C=O) groups is 2. The molecule has 3 rings (SSSR count). The fourth-order valence-electron chi connectivity index (χ4n) is 2.36. The quantitative estimate of drug-likeness (QED) is 0.352. The van der Waals surface area contributed by atoms with Crippen LogP contribution in [0.3, 0.4) is 0 Å². The van der Waals surface area contributed by atoms with Gasteiger partial charge >= 0.3 is 0 Å². The van der Waals surface area contributed by atoms with Crippen LogP contribution >= 0.6 is 39.0 Å². The number of halogens is 1. The first kappa shape index (κ1) is 20.5. The number of benzene rings is 2. The van der Waals surface area contributed by atoms with Crippen molar-refractivity contribution < 1.29 is 9.59 Å². The Balaban J connectivity index is 1.63. The molecule has 1 aromatic heterocycles. The molecule has 0 spiro atoms. The fraction of sp³-hybridized carbons (Fsp3) is 0.158. The Hall–Kier alpha value is -2.23. The van der Waals surface area contributed by atoms with Crippen molar-refractivity contribution in [1.29, 1.82) is 0 Å². The first-order valence-electron chi connectivity index (χ1n) is 8.35. The number of rotatable bonds is 7. The van der Waals surface area contributed by atoms with Crippen LogP contribution in [0, 0.1) is 0 Å². The summed E-state index contributed by atoms with van der Waals surface area (Å²) in [5.74, 6) is -0.0820. The summed E-state index contributed by atoms with van der Waals surface area (Å²) in [6.07, 6.45) is 0. The standard InChI is InChI=1S/C19H17BrN4O2S2/c1-11(17(26)13-6-8-14(20)9-7-13)27-19-24-23-18(28-19)22-16-5-3-4-15(10-16)21-12(2)25/h3-11H,1-2H3,(H,21,25)(H,22,23). The maximum Gasteiger partial charge on any atom is 0.221 e. The Morgan fingerprint density at radius 3 is 2.54 bits per heavy atom. The largest absolute Gasteiger partial charge is 0.330 e. The molecule has 0 aliphatic heterocycles. The number of amides is 1. The predicted octanol–water partition coefficient (Wildman–Crippen LogP) is 5.37. The molecular formula is C19H17BrN4O2S2. The molecule has 144 valence electrons. The second-order valence-electron chi connectivity index (χ2n) is 5.89. The molecule has 0 radical (unpaired) electrons. The highest BCUT2D eigenvalue weighted by molar-refractivity contribution is 9.10. The summed E-state index contributed by atoms with van der Waals surface area (Å²) >= 11 is 6.12. The van der Waals surface area contributed by atoms with Gasteiger partial charge in [-0.25, -0.2) is 0 Å². The average molecular weight is 477 g/mol. The minimum atomic E-state index is -0.273. The molecule has 1 heterocycles. The van der Waals surface area contributed by atoms with Crippen LogP contribution in [0.1, 0.15) is 24.2 Å². The molecule has 6 nitrogen and oxygen atoms in total. The maximum atomic E-state index is 12.6. The monoisotopic (exact) mass is 476 g/mol. The number of hydrogen-bond acceptors (Lipinski definition) is 7. The summed E-state index contributed by atoms with van der Waals surface area (Å²) in [5.41, 5.74) is 2.16. The van der Waals surface area contributed by atoms with Crippen molar-refractivity contribution in [2.24, 2.45) is 0 Å². The molecule has 28 heavy (non-hydrogen) atoms. The molecule has 0 saturated carbocycles. The Morgan fingerprint density at radius 2 is 1.82 bits per heavy atom. The van der Waals surface area contributed by atoms with E-state index >= 15 is 0 Å². The van der Waals surface area contributed by atoms with Crippen LogP contribution in [-0.2, 0) is 4.79 Å². The van der Waals surface area contributed by atoms with Crippen LogP contribution in [-0.4, -0.2) is 27.1 Å². The number of nitrogens with zero attached hydrogens (tertiary/aromatic N) is 2. The third kappa shape index (κ3) is 5.63. The van der Waals surface area contributed by atoms with Gasteiger partial charge in [0.05, 0.1) is 5.25 Å². The van der Waals surface area contributed by atoms with E-state index in [1.54, 1.807) is 12.1 Å². The summed E-state index contributed by atoms with van der Waals surface area (Å²) in [4.78, 5) is 23.7. The third-order valence-electron chi connectivity index (χ3n) is 3.62. The zero-order valence-corrected chi connectivity index (χ0v) is 18.3. The number of ketones is 1. The van der Waals surface area contributed by atoms with Crippen molar-refractivity contribution in [2.45, 2.75) is 23.4 Å². The summed E-state index contributed by atoms with van der Waals surface area (Å²) in [5, 5.41) is 14.5. The van der Waals surface area contributed by atoms with E-state index in [2.05, 4.69) is 36.8 Å². The molecule has 2 aromatic carbocycles. The lowest BCUT2D eigenvalue weighted by atomic mass is 10.1. The molecule has 2 N–H and O–H groups in total. The molecule has 9 heteroatoms. The fourth-order valence-corrected chi connectivity index (χ4v) is 4.62. The van der Waals surface area contributed by atoms with Crippen molar-refractivity contribution >= 4 is 67.2 Å². The molecule has 1 amide bonds. The van der Waals surface area contributed by atoms with Crippen LogP contribution < -0.4 is 10.6 Å². The van der Waals surface area contributed by atoms with E-state index in [9.17, 15) is 9.59 Å². The van der Waals surface area contributed by atoms with Gasteiger partial charge in [-0.1, -0.05) is 57.2 Å². The lowest BCUT2D eigenvalue weighted by molar-refractivity contribution is -0.114. The van der Waals surface area contributed by atoms with Crippen LogP contribution in [0.2, 0.25) is 0 Å². The van der Waals surface area contributed by atoms with Crippen molar-refractivity contribution in [3.8, 4) is 0 Å². The first-order chi connectivity index (χ1) is 13.4. The van der Waals surface area contributed by atoms with Gasteiger partial charge < -0.3 is 10.6 Å². The van der Waals surface area contributed by atoms with E-state index in [-0.39, 0.29) is 16.9 Å². The van der Waals surface area contributed by atoms with Gasteiger partial charge in [0.1, 0.15) is 0 Å². The van der Waals surface area contributed by atoms with Crippen molar-refractivity contribution in [3.63, 3.8) is 0 Å². The highest BCUT2D eigenvalue weighted by Crippen LogP contribution is 2.32. The van der Waals surface area contributed by atoms with E-state index in [1.807, 2.05) is 43.3 Å². The number of thioether (sulfide) groups is 1. The van der Waals surface area contributed by atoms with Crippen LogP contribution in [0.25, 0.3) is 0 Å². The second-order valence-corrected chi connectivity index (χ2v) is 9.37. The topological polar surface area (TPSA) is 84.0 Å². The summed E-state index contributed by atoms with van der Waals surface area (Å²) in [6, 6.07) is 14.7. The molecule has 3 aromatic rings. The highest BCUT2D eigenvalue weighted by atomic mass is 79.9. The van der Waals surface area contributed by atoms with E-state index < -0.39 is 0 Å². The maximum absolute atomic E-state index is 12.6. The summed E-state index contributed by atoms with van der Waals surface area (Å²) in [6.45, 7) is 3.32. The van der Waals surface area contributed by atoms with Crippen molar-refractivity contribution in [2.75, 3.05) is 10.6 Å². The molecule has 0 bridgehead atoms. The van der Waals surface area contributed by atoms with Crippen molar-refractivity contribution in [1.82, 2.24) is 10.2 Å². The molecule has 0 saturated heterocycles. The minimum Gasteiger partial charge on any atom is -0.330 e. The van der Waals surface area contributed by atoms with Gasteiger partial charge in [-0.2, -0.15) is 0 Å². The third-order valence-corrected chi connectivity index (χ3v) is 6.17. The van der Waals surface area contributed by atoms with Gasteiger partial charge in [-0.15, -0.1) is 10.2 Å². The van der Waals surface area contributed by atoms with Crippen LogP contribution in [0.15, 0.2) is 57.3 Å². The molecule has 1 unspecified atom stereocenters.